The zero-order chi connectivity index (χ0) is 18.4. The first-order chi connectivity index (χ1) is 12.7. The highest BCUT2D eigenvalue weighted by molar-refractivity contribution is 5.81. The molecule has 2 fully saturated rings. The molecule has 0 spiro atoms. The highest BCUT2D eigenvalue weighted by Crippen LogP contribution is 2.30. The largest absolute Gasteiger partial charge is 0.352 e. The van der Waals surface area contributed by atoms with Gasteiger partial charge in [0.15, 0.2) is 0 Å². The number of piperazine rings is 1. The van der Waals surface area contributed by atoms with Crippen LogP contribution in [0.25, 0.3) is 0 Å². The lowest BCUT2D eigenvalue weighted by Gasteiger charge is -2.37. The van der Waals surface area contributed by atoms with Crippen molar-refractivity contribution in [2.24, 2.45) is 11.8 Å². The molecule has 2 aliphatic rings. The van der Waals surface area contributed by atoms with Crippen LogP contribution in [0.4, 0.5) is 0 Å². The van der Waals surface area contributed by atoms with E-state index < -0.39 is 0 Å². The number of carbonyl (C=O) groups is 2. The summed E-state index contributed by atoms with van der Waals surface area (Å²) in [6, 6.07) is 3.82. The van der Waals surface area contributed by atoms with E-state index in [4.69, 9.17) is 0 Å². The second kappa shape index (κ2) is 9.12. The van der Waals surface area contributed by atoms with Crippen molar-refractivity contribution in [2.75, 3.05) is 32.7 Å². The molecule has 1 aromatic heterocycles. The number of rotatable bonds is 5. The molecule has 1 saturated heterocycles. The van der Waals surface area contributed by atoms with Gasteiger partial charge >= 0.3 is 0 Å². The van der Waals surface area contributed by atoms with Crippen molar-refractivity contribution in [3.05, 3.63) is 30.1 Å². The molecule has 3 rings (SSSR count). The predicted octanol–water partition coefficient (Wildman–Crippen LogP) is 1.67. The molecule has 1 aliphatic carbocycles. The Bertz CT molecular complexity index is 591. The molecule has 26 heavy (non-hydrogen) atoms. The summed E-state index contributed by atoms with van der Waals surface area (Å²) in [6.45, 7) is 7.42. The summed E-state index contributed by atoms with van der Waals surface area (Å²) in [6.07, 6.45) is 6.76. The van der Waals surface area contributed by atoms with Crippen LogP contribution >= 0.6 is 0 Å². The number of hydrogen-bond acceptors (Lipinski definition) is 4. The first-order valence-electron chi connectivity index (χ1n) is 9.85. The third kappa shape index (κ3) is 4.81. The summed E-state index contributed by atoms with van der Waals surface area (Å²) in [7, 11) is 0. The van der Waals surface area contributed by atoms with Crippen LogP contribution in [0, 0.1) is 11.8 Å². The van der Waals surface area contributed by atoms with Crippen molar-refractivity contribution in [3.63, 3.8) is 0 Å². The zero-order valence-electron chi connectivity index (χ0n) is 15.7. The van der Waals surface area contributed by atoms with Crippen molar-refractivity contribution in [1.29, 1.82) is 0 Å². The van der Waals surface area contributed by atoms with Gasteiger partial charge in [-0.3, -0.25) is 14.6 Å². The van der Waals surface area contributed by atoms with Gasteiger partial charge in [-0.05, 0) is 49.9 Å². The van der Waals surface area contributed by atoms with Gasteiger partial charge in [0.05, 0.1) is 0 Å². The van der Waals surface area contributed by atoms with E-state index in [0.29, 0.717) is 12.5 Å². The molecular formula is C20H30N4O2. The fourth-order valence-corrected chi connectivity index (χ4v) is 3.98. The summed E-state index contributed by atoms with van der Waals surface area (Å²) < 4.78 is 0. The average molecular weight is 358 g/mol. The van der Waals surface area contributed by atoms with E-state index >= 15 is 0 Å². The lowest BCUT2D eigenvalue weighted by Crippen LogP contribution is -2.50. The Balaban J connectivity index is 1.41. The van der Waals surface area contributed by atoms with E-state index in [2.05, 4.69) is 22.1 Å². The third-order valence-corrected chi connectivity index (χ3v) is 5.79. The van der Waals surface area contributed by atoms with Crippen LogP contribution in [-0.2, 0) is 16.1 Å². The number of aromatic nitrogens is 1. The molecule has 6 heteroatoms. The van der Waals surface area contributed by atoms with Gasteiger partial charge in [0.2, 0.25) is 11.8 Å². The SMILES string of the molecule is CCN1CCN(C(=O)C2CCC(C(=O)NCc3ccncc3)CC2)CC1. The van der Waals surface area contributed by atoms with Gasteiger partial charge in [0.25, 0.3) is 0 Å². The number of nitrogens with one attached hydrogen (secondary N) is 1. The lowest BCUT2D eigenvalue weighted by atomic mass is 9.80. The van der Waals surface area contributed by atoms with Crippen molar-refractivity contribution in [1.82, 2.24) is 20.1 Å². The van der Waals surface area contributed by atoms with Crippen molar-refractivity contribution >= 4 is 11.8 Å². The number of nitrogens with zero attached hydrogens (tertiary/aromatic N) is 3. The monoisotopic (exact) mass is 358 g/mol. The normalized spacial score (nSPS) is 24.3. The van der Waals surface area contributed by atoms with Crippen LogP contribution in [0.2, 0.25) is 0 Å². The van der Waals surface area contributed by atoms with Crippen LogP contribution in [0.3, 0.4) is 0 Å². The molecule has 2 heterocycles. The standard InChI is InChI=1S/C20H30N4O2/c1-2-23-11-13-24(14-12-23)20(26)18-5-3-17(4-6-18)19(25)22-15-16-7-9-21-10-8-16/h7-10,17-18H,2-6,11-15H2,1H3,(H,22,25). The maximum atomic E-state index is 12.7. The smallest absolute Gasteiger partial charge is 0.225 e. The van der Waals surface area contributed by atoms with Crippen LogP contribution in [0.1, 0.15) is 38.2 Å². The minimum Gasteiger partial charge on any atom is -0.352 e. The van der Waals surface area contributed by atoms with Gasteiger partial charge < -0.3 is 15.1 Å². The van der Waals surface area contributed by atoms with E-state index in [0.717, 1.165) is 64.0 Å². The molecule has 0 bridgehead atoms. The van der Waals surface area contributed by atoms with Crippen LogP contribution in [0.5, 0.6) is 0 Å². The molecule has 1 saturated carbocycles. The first kappa shape index (κ1) is 18.8. The van der Waals surface area contributed by atoms with E-state index in [1.165, 1.54) is 0 Å². The number of carbonyl (C=O) groups excluding carboxylic acids is 2. The molecule has 0 unspecified atom stereocenters. The Kier molecular flexibility index (Phi) is 6.61. The summed E-state index contributed by atoms with van der Waals surface area (Å²) in [5.74, 6) is 0.561. The quantitative estimate of drug-likeness (QED) is 0.870. The Morgan fingerprint density at radius 1 is 1.04 bits per heavy atom. The Morgan fingerprint density at radius 2 is 1.65 bits per heavy atom. The molecular weight excluding hydrogens is 328 g/mol. The minimum absolute atomic E-state index is 0.0397. The van der Waals surface area contributed by atoms with E-state index in [9.17, 15) is 9.59 Å². The van der Waals surface area contributed by atoms with E-state index in [1.807, 2.05) is 17.0 Å². The second-order valence-corrected chi connectivity index (χ2v) is 7.38. The van der Waals surface area contributed by atoms with Gasteiger partial charge in [-0.15, -0.1) is 0 Å². The van der Waals surface area contributed by atoms with Crippen LogP contribution in [0.15, 0.2) is 24.5 Å². The first-order valence-corrected chi connectivity index (χ1v) is 9.85. The molecule has 0 aromatic carbocycles. The Hall–Kier alpha value is -1.95. The van der Waals surface area contributed by atoms with Gasteiger partial charge in [-0.2, -0.15) is 0 Å². The molecule has 2 amide bonds. The zero-order valence-corrected chi connectivity index (χ0v) is 15.7. The molecule has 1 N–H and O–H groups in total. The number of hydrogen-bond donors (Lipinski definition) is 1. The van der Waals surface area contributed by atoms with Crippen molar-refractivity contribution in [2.45, 2.75) is 39.2 Å². The average Bonchev–Trinajstić information content (AvgIpc) is 2.72. The van der Waals surface area contributed by atoms with Gasteiger partial charge in [0.1, 0.15) is 0 Å². The molecule has 142 valence electrons. The van der Waals surface area contributed by atoms with Crippen molar-refractivity contribution < 1.29 is 9.59 Å². The van der Waals surface area contributed by atoms with E-state index in [-0.39, 0.29) is 17.7 Å². The molecule has 1 aliphatic heterocycles. The van der Waals surface area contributed by atoms with Crippen LogP contribution < -0.4 is 5.32 Å². The van der Waals surface area contributed by atoms with Crippen LogP contribution in [-0.4, -0.2) is 59.3 Å². The van der Waals surface area contributed by atoms with Gasteiger partial charge in [0, 0.05) is 57.0 Å². The Morgan fingerprint density at radius 3 is 2.27 bits per heavy atom. The summed E-state index contributed by atoms with van der Waals surface area (Å²) >= 11 is 0. The molecule has 6 nitrogen and oxygen atoms in total. The lowest BCUT2D eigenvalue weighted by molar-refractivity contribution is -0.140. The topological polar surface area (TPSA) is 65.5 Å². The molecule has 0 atom stereocenters. The summed E-state index contributed by atoms with van der Waals surface area (Å²) in [5.41, 5.74) is 1.06. The summed E-state index contributed by atoms with van der Waals surface area (Å²) in [4.78, 5) is 33.5. The number of pyridine rings is 1. The maximum Gasteiger partial charge on any atom is 0.225 e. The summed E-state index contributed by atoms with van der Waals surface area (Å²) in [5, 5.41) is 3.02. The molecule has 0 radical (unpaired) electrons. The predicted molar refractivity (Wildman–Crippen MR) is 100 cm³/mol. The highest BCUT2D eigenvalue weighted by atomic mass is 16.2. The van der Waals surface area contributed by atoms with Crippen molar-refractivity contribution in [3.8, 4) is 0 Å². The van der Waals surface area contributed by atoms with E-state index in [1.54, 1.807) is 12.4 Å². The Labute approximate surface area is 156 Å². The fourth-order valence-electron chi connectivity index (χ4n) is 3.98. The third-order valence-electron chi connectivity index (χ3n) is 5.79. The maximum absolute atomic E-state index is 12.7. The second-order valence-electron chi connectivity index (χ2n) is 7.38. The van der Waals surface area contributed by atoms with Gasteiger partial charge in [-0.1, -0.05) is 6.92 Å². The van der Waals surface area contributed by atoms with Gasteiger partial charge in [-0.25, -0.2) is 0 Å². The molecule has 1 aromatic rings. The number of amides is 2. The minimum atomic E-state index is 0.0397. The fraction of sp³-hybridized carbons (Fsp3) is 0.650. The highest BCUT2D eigenvalue weighted by Gasteiger charge is 2.33. The number of likely N-dealkylation sites (N-methyl/N-ethyl adjacent to an activating group) is 1.